The van der Waals surface area contributed by atoms with E-state index in [9.17, 15) is 10.1 Å². The molecule has 0 aliphatic carbocycles. The van der Waals surface area contributed by atoms with Crippen molar-refractivity contribution in [2.24, 2.45) is 0 Å². The molecule has 0 bridgehead atoms. The quantitative estimate of drug-likeness (QED) is 0.317. The van der Waals surface area contributed by atoms with E-state index in [1.54, 1.807) is 44.3 Å². The summed E-state index contributed by atoms with van der Waals surface area (Å²) >= 11 is 0. The van der Waals surface area contributed by atoms with Crippen molar-refractivity contribution in [3.8, 4) is 34.5 Å². The monoisotopic (exact) mass is 432 g/mol. The van der Waals surface area contributed by atoms with Gasteiger partial charge in [0.1, 0.15) is 17.3 Å². The van der Waals surface area contributed by atoms with E-state index in [0.717, 1.165) is 11.3 Å². The summed E-state index contributed by atoms with van der Waals surface area (Å²) in [6, 6.07) is 17.0. The Balaban J connectivity index is 2.09. The van der Waals surface area contributed by atoms with E-state index < -0.39 is 5.91 Å². The first-order valence-corrected chi connectivity index (χ1v) is 9.87. The molecule has 8 nitrogen and oxygen atoms in total. The van der Waals surface area contributed by atoms with E-state index in [2.05, 4.69) is 5.32 Å². The smallest absolute Gasteiger partial charge is 0.262 e. The number of methoxy groups -OCH3 is 3. The fourth-order valence-electron chi connectivity index (χ4n) is 3.08. The lowest BCUT2D eigenvalue weighted by molar-refractivity contribution is -0.117. The van der Waals surface area contributed by atoms with Crippen molar-refractivity contribution in [2.45, 2.75) is 0 Å². The lowest BCUT2D eigenvalue weighted by atomic mass is 10.1. The molecule has 32 heavy (non-hydrogen) atoms. The second-order valence-corrected chi connectivity index (χ2v) is 6.70. The van der Waals surface area contributed by atoms with E-state index >= 15 is 0 Å². The van der Waals surface area contributed by atoms with Crippen LogP contribution in [0.25, 0.3) is 23.0 Å². The van der Waals surface area contributed by atoms with Crippen LogP contribution in [0.1, 0.15) is 5.56 Å². The zero-order valence-electron chi connectivity index (χ0n) is 18.2. The van der Waals surface area contributed by atoms with Crippen LogP contribution in [0.15, 0.2) is 60.3 Å². The largest absolute Gasteiger partial charge is 0.493 e. The van der Waals surface area contributed by atoms with Gasteiger partial charge in [0.05, 0.1) is 26.5 Å². The van der Waals surface area contributed by atoms with Crippen LogP contribution in [-0.2, 0) is 9.53 Å². The third-order valence-electron chi connectivity index (χ3n) is 4.68. The van der Waals surface area contributed by atoms with Gasteiger partial charge in [-0.1, -0.05) is 18.2 Å². The Bertz CT molecular complexity index is 1150. The number of nitriles is 1. The molecule has 0 spiro atoms. The molecule has 3 rings (SSSR count). The highest BCUT2D eigenvalue weighted by Crippen LogP contribution is 2.34. The van der Waals surface area contributed by atoms with Crippen LogP contribution in [-0.4, -0.2) is 50.2 Å². The van der Waals surface area contributed by atoms with Crippen molar-refractivity contribution >= 4 is 12.0 Å². The van der Waals surface area contributed by atoms with Gasteiger partial charge in [-0.05, 0) is 36.4 Å². The van der Waals surface area contributed by atoms with Crippen molar-refractivity contribution in [1.82, 2.24) is 15.1 Å². The first kappa shape index (κ1) is 22.6. The minimum Gasteiger partial charge on any atom is -0.493 e. The van der Waals surface area contributed by atoms with Crippen LogP contribution < -0.4 is 14.8 Å². The second kappa shape index (κ2) is 10.8. The maximum absolute atomic E-state index is 12.4. The highest BCUT2D eigenvalue weighted by molar-refractivity contribution is 6.02. The summed E-state index contributed by atoms with van der Waals surface area (Å²) in [5, 5.41) is 17.0. The van der Waals surface area contributed by atoms with Crippen molar-refractivity contribution in [2.75, 3.05) is 34.5 Å². The van der Waals surface area contributed by atoms with Gasteiger partial charge in [-0.15, -0.1) is 0 Å². The molecule has 8 heteroatoms. The number of nitrogens with zero attached hydrogens (tertiary/aromatic N) is 3. The summed E-state index contributed by atoms with van der Waals surface area (Å²) in [7, 11) is 4.67. The maximum Gasteiger partial charge on any atom is 0.262 e. The molecular formula is C24H24N4O4. The van der Waals surface area contributed by atoms with E-state index in [1.807, 2.05) is 42.5 Å². The number of rotatable bonds is 9. The Morgan fingerprint density at radius 3 is 2.53 bits per heavy atom. The fraction of sp³-hybridized carbons (Fsp3) is 0.208. The Morgan fingerprint density at radius 2 is 1.88 bits per heavy atom. The molecule has 1 N–H and O–H groups in total. The maximum atomic E-state index is 12.4. The summed E-state index contributed by atoms with van der Waals surface area (Å²) in [5.74, 6) is 0.661. The predicted octanol–water partition coefficient (Wildman–Crippen LogP) is 3.23. The average molecular weight is 432 g/mol. The van der Waals surface area contributed by atoms with Gasteiger partial charge in [0.15, 0.2) is 11.5 Å². The van der Waals surface area contributed by atoms with Crippen LogP contribution in [0.4, 0.5) is 0 Å². The van der Waals surface area contributed by atoms with E-state index in [0.29, 0.717) is 35.9 Å². The van der Waals surface area contributed by atoms with Gasteiger partial charge in [-0.25, -0.2) is 4.68 Å². The summed E-state index contributed by atoms with van der Waals surface area (Å²) in [4.78, 5) is 12.4. The standard InChI is InChI=1S/C24H24N4O4/c1-30-12-11-26-24(29)18(15-25)13-19-16-28(20-7-5-4-6-8-20)27-23(19)17-9-10-21(31-2)22(14-17)32-3/h4-10,13-14,16H,11-12H2,1-3H3,(H,26,29). The number of hydrogen-bond acceptors (Lipinski definition) is 6. The first-order chi connectivity index (χ1) is 15.6. The Morgan fingerprint density at radius 1 is 1.12 bits per heavy atom. The van der Waals surface area contributed by atoms with E-state index in [4.69, 9.17) is 19.3 Å². The second-order valence-electron chi connectivity index (χ2n) is 6.70. The highest BCUT2D eigenvalue weighted by Gasteiger charge is 2.16. The average Bonchev–Trinajstić information content (AvgIpc) is 3.26. The molecule has 1 amide bonds. The van der Waals surface area contributed by atoms with Gasteiger partial charge in [0.25, 0.3) is 5.91 Å². The molecule has 164 valence electrons. The molecule has 0 aliphatic heterocycles. The molecule has 0 fully saturated rings. The van der Waals surface area contributed by atoms with E-state index in [1.165, 1.54) is 6.08 Å². The number of amides is 1. The van der Waals surface area contributed by atoms with Crippen LogP contribution >= 0.6 is 0 Å². The normalized spacial score (nSPS) is 11.0. The Kier molecular flexibility index (Phi) is 7.62. The van der Waals surface area contributed by atoms with Crippen LogP contribution in [0, 0.1) is 11.3 Å². The van der Waals surface area contributed by atoms with Crippen LogP contribution in [0.3, 0.4) is 0 Å². The van der Waals surface area contributed by atoms with Crippen molar-refractivity contribution in [3.05, 3.63) is 65.9 Å². The predicted molar refractivity (Wildman–Crippen MR) is 121 cm³/mol. The fourth-order valence-corrected chi connectivity index (χ4v) is 3.08. The summed E-state index contributed by atoms with van der Waals surface area (Å²) in [6.07, 6.45) is 3.31. The Labute approximate surface area is 186 Å². The molecule has 0 unspecified atom stereocenters. The summed E-state index contributed by atoms with van der Waals surface area (Å²) < 4.78 is 17.4. The molecule has 0 radical (unpaired) electrons. The number of nitrogens with one attached hydrogen (secondary N) is 1. The van der Waals surface area contributed by atoms with E-state index in [-0.39, 0.29) is 5.57 Å². The summed E-state index contributed by atoms with van der Waals surface area (Å²) in [5.41, 5.74) is 2.76. The third kappa shape index (κ3) is 5.14. The third-order valence-corrected chi connectivity index (χ3v) is 4.68. The molecule has 0 atom stereocenters. The van der Waals surface area contributed by atoms with Crippen LogP contribution in [0.5, 0.6) is 11.5 Å². The minimum absolute atomic E-state index is 0.0320. The zero-order chi connectivity index (χ0) is 22.9. The van der Waals surface area contributed by atoms with Crippen molar-refractivity contribution in [1.29, 1.82) is 5.26 Å². The number of hydrogen-bond donors (Lipinski definition) is 1. The molecule has 2 aromatic carbocycles. The molecular weight excluding hydrogens is 408 g/mol. The summed E-state index contributed by atoms with van der Waals surface area (Å²) in [6.45, 7) is 0.660. The van der Waals surface area contributed by atoms with Gasteiger partial charge in [-0.3, -0.25) is 4.79 Å². The molecule has 1 aromatic heterocycles. The zero-order valence-corrected chi connectivity index (χ0v) is 18.2. The van der Waals surface area contributed by atoms with Gasteiger partial charge < -0.3 is 19.5 Å². The number of aromatic nitrogens is 2. The SMILES string of the molecule is COCCNC(=O)C(C#N)=Cc1cn(-c2ccccc2)nc1-c1ccc(OC)c(OC)c1. The molecule has 1 heterocycles. The van der Waals surface area contributed by atoms with Gasteiger partial charge in [-0.2, -0.15) is 10.4 Å². The van der Waals surface area contributed by atoms with Gasteiger partial charge >= 0.3 is 0 Å². The van der Waals surface area contributed by atoms with Crippen LogP contribution in [0.2, 0.25) is 0 Å². The number of carbonyl (C=O) groups is 1. The molecule has 0 saturated carbocycles. The number of carbonyl (C=O) groups excluding carboxylic acids is 1. The lowest BCUT2D eigenvalue weighted by Crippen LogP contribution is -2.27. The lowest BCUT2D eigenvalue weighted by Gasteiger charge is -2.09. The number of benzene rings is 2. The highest BCUT2D eigenvalue weighted by atomic mass is 16.5. The van der Waals surface area contributed by atoms with Crippen molar-refractivity contribution < 1.29 is 19.0 Å². The van der Waals surface area contributed by atoms with Gasteiger partial charge in [0.2, 0.25) is 0 Å². The molecule has 3 aromatic rings. The Hall–Kier alpha value is -4.09. The topological polar surface area (TPSA) is 98.4 Å². The first-order valence-electron chi connectivity index (χ1n) is 9.87. The molecule has 0 aliphatic rings. The number of para-hydroxylation sites is 1. The van der Waals surface area contributed by atoms with Gasteiger partial charge in [0, 0.05) is 31.0 Å². The van der Waals surface area contributed by atoms with Crippen molar-refractivity contribution in [3.63, 3.8) is 0 Å². The minimum atomic E-state index is -0.477. The number of ether oxygens (including phenoxy) is 3. The molecule has 0 saturated heterocycles.